The van der Waals surface area contributed by atoms with Crippen LogP contribution in [0.3, 0.4) is 0 Å². The van der Waals surface area contributed by atoms with Crippen molar-refractivity contribution in [2.75, 3.05) is 12.4 Å². The molecule has 0 saturated heterocycles. The van der Waals surface area contributed by atoms with Gasteiger partial charge in [0.25, 0.3) is 0 Å². The molecular weight excluding hydrogens is 278 g/mol. The first-order valence-electron chi connectivity index (χ1n) is 7.20. The number of hydrogen-bond donors (Lipinski definition) is 1. The molecule has 2 aromatic carbocycles. The number of fused-ring (bicyclic) bond motifs is 1. The van der Waals surface area contributed by atoms with Gasteiger partial charge in [0.1, 0.15) is 5.92 Å². The van der Waals surface area contributed by atoms with Gasteiger partial charge in [0, 0.05) is 12.1 Å². The Morgan fingerprint density at radius 3 is 2.50 bits per heavy atom. The zero-order valence-corrected chi connectivity index (χ0v) is 12.3. The van der Waals surface area contributed by atoms with Crippen LogP contribution in [-0.2, 0) is 20.7 Å². The van der Waals surface area contributed by atoms with Crippen molar-refractivity contribution in [1.29, 1.82) is 0 Å². The molecule has 112 valence electrons. The highest BCUT2D eigenvalue weighted by Gasteiger charge is 2.39. The van der Waals surface area contributed by atoms with Gasteiger partial charge in [0.15, 0.2) is 5.78 Å². The second kappa shape index (κ2) is 6.02. The number of rotatable bonds is 2. The summed E-state index contributed by atoms with van der Waals surface area (Å²) in [6, 6.07) is 16.7. The molecule has 4 heteroatoms. The molecule has 22 heavy (non-hydrogen) atoms. The lowest BCUT2D eigenvalue weighted by molar-refractivity contribution is -0.149. The molecular formula is C18H17NO3. The number of para-hydroxylation sites is 1. The van der Waals surface area contributed by atoms with Crippen LogP contribution in [-0.4, -0.2) is 18.9 Å². The summed E-state index contributed by atoms with van der Waals surface area (Å²) < 4.78 is 4.87. The molecule has 3 rings (SSSR count). The molecule has 1 aliphatic heterocycles. The van der Waals surface area contributed by atoms with Gasteiger partial charge >= 0.3 is 5.97 Å². The first-order valence-corrected chi connectivity index (χ1v) is 7.20. The molecule has 0 saturated carbocycles. The largest absolute Gasteiger partial charge is 0.468 e. The SMILES string of the molecule is COC(=O)[C@H]1C(=O)Cc2ccccc2N[C@@H]1c1ccccc1. The summed E-state index contributed by atoms with van der Waals surface area (Å²) in [7, 11) is 1.32. The molecule has 0 fully saturated rings. The highest BCUT2D eigenvalue weighted by atomic mass is 16.5. The monoisotopic (exact) mass is 295 g/mol. The summed E-state index contributed by atoms with van der Waals surface area (Å²) in [5.74, 6) is -1.47. The van der Waals surface area contributed by atoms with Crippen LogP contribution in [0.15, 0.2) is 54.6 Å². The average molecular weight is 295 g/mol. The minimum absolute atomic E-state index is 0.127. The van der Waals surface area contributed by atoms with Crippen molar-refractivity contribution >= 4 is 17.4 Å². The van der Waals surface area contributed by atoms with Crippen molar-refractivity contribution in [3.05, 3.63) is 65.7 Å². The minimum Gasteiger partial charge on any atom is -0.468 e. The van der Waals surface area contributed by atoms with E-state index in [0.717, 1.165) is 16.8 Å². The summed E-state index contributed by atoms with van der Waals surface area (Å²) >= 11 is 0. The van der Waals surface area contributed by atoms with E-state index in [1.165, 1.54) is 7.11 Å². The number of nitrogens with one attached hydrogen (secondary N) is 1. The number of esters is 1. The summed E-state index contributed by atoms with van der Waals surface area (Å²) in [6.07, 6.45) is 0.228. The Morgan fingerprint density at radius 2 is 1.77 bits per heavy atom. The van der Waals surface area contributed by atoms with E-state index in [1.807, 2.05) is 54.6 Å². The third kappa shape index (κ3) is 2.60. The molecule has 0 aliphatic carbocycles. The van der Waals surface area contributed by atoms with E-state index >= 15 is 0 Å². The van der Waals surface area contributed by atoms with Gasteiger partial charge in [-0.25, -0.2) is 0 Å². The van der Waals surface area contributed by atoms with Gasteiger partial charge in [-0.05, 0) is 17.2 Å². The number of carbonyl (C=O) groups excluding carboxylic acids is 2. The fourth-order valence-electron chi connectivity index (χ4n) is 2.88. The fourth-order valence-corrected chi connectivity index (χ4v) is 2.88. The van der Waals surface area contributed by atoms with Crippen LogP contribution in [0.1, 0.15) is 17.2 Å². The van der Waals surface area contributed by atoms with Crippen molar-refractivity contribution < 1.29 is 14.3 Å². The number of ketones is 1. The molecule has 0 bridgehead atoms. The number of anilines is 1. The predicted octanol–water partition coefficient (Wildman–Crippen LogP) is 2.75. The normalized spacial score (nSPS) is 20.5. The summed E-state index contributed by atoms with van der Waals surface area (Å²) in [5.41, 5.74) is 2.68. The first kappa shape index (κ1) is 14.3. The van der Waals surface area contributed by atoms with Crippen LogP contribution < -0.4 is 5.32 Å². The standard InChI is InChI=1S/C18H17NO3/c1-22-18(21)16-15(20)11-13-9-5-6-10-14(13)19-17(16)12-7-3-2-4-8-12/h2-10,16-17,19H,11H2,1H3/t16-,17+/m0/s1. The number of Topliss-reactive ketones (excluding diaryl/α,β-unsaturated/α-hetero) is 1. The topological polar surface area (TPSA) is 55.4 Å². The molecule has 0 unspecified atom stereocenters. The quantitative estimate of drug-likeness (QED) is 0.683. The number of carbonyl (C=O) groups is 2. The molecule has 1 heterocycles. The zero-order chi connectivity index (χ0) is 15.5. The van der Waals surface area contributed by atoms with Crippen LogP contribution in [0.4, 0.5) is 5.69 Å². The lowest BCUT2D eigenvalue weighted by Crippen LogP contribution is -2.34. The van der Waals surface area contributed by atoms with Crippen LogP contribution in [0.5, 0.6) is 0 Å². The van der Waals surface area contributed by atoms with Gasteiger partial charge in [-0.2, -0.15) is 0 Å². The van der Waals surface area contributed by atoms with Gasteiger partial charge in [0.2, 0.25) is 0 Å². The Morgan fingerprint density at radius 1 is 1.09 bits per heavy atom. The van der Waals surface area contributed by atoms with Gasteiger partial charge in [-0.3, -0.25) is 9.59 Å². The van der Waals surface area contributed by atoms with Crippen molar-refractivity contribution in [3.8, 4) is 0 Å². The second-order valence-electron chi connectivity index (χ2n) is 5.33. The molecule has 0 radical (unpaired) electrons. The highest BCUT2D eigenvalue weighted by Crippen LogP contribution is 2.34. The molecule has 0 amide bonds. The third-order valence-corrected chi connectivity index (χ3v) is 3.99. The van der Waals surface area contributed by atoms with Crippen LogP contribution >= 0.6 is 0 Å². The lowest BCUT2D eigenvalue weighted by Gasteiger charge is -2.24. The third-order valence-electron chi connectivity index (χ3n) is 3.99. The summed E-state index contributed by atoms with van der Waals surface area (Å²) in [5, 5.41) is 3.35. The van der Waals surface area contributed by atoms with Crippen molar-refractivity contribution in [2.24, 2.45) is 5.92 Å². The maximum absolute atomic E-state index is 12.6. The molecule has 1 N–H and O–H groups in total. The Hall–Kier alpha value is -2.62. The Kier molecular flexibility index (Phi) is 3.92. The minimum atomic E-state index is -0.847. The van der Waals surface area contributed by atoms with E-state index in [1.54, 1.807) is 0 Å². The van der Waals surface area contributed by atoms with E-state index in [-0.39, 0.29) is 12.2 Å². The van der Waals surface area contributed by atoms with Gasteiger partial charge in [0.05, 0.1) is 13.2 Å². The Balaban J connectivity index is 2.09. The predicted molar refractivity (Wildman–Crippen MR) is 83.5 cm³/mol. The molecule has 2 atom stereocenters. The van der Waals surface area contributed by atoms with E-state index in [0.29, 0.717) is 0 Å². The molecule has 4 nitrogen and oxygen atoms in total. The first-order chi connectivity index (χ1) is 10.7. The maximum Gasteiger partial charge on any atom is 0.318 e. The second-order valence-corrected chi connectivity index (χ2v) is 5.33. The molecule has 2 aromatic rings. The van der Waals surface area contributed by atoms with Gasteiger partial charge in [-0.1, -0.05) is 48.5 Å². The van der Waals surface area contributed by atoms with Crippen LogP contribution in [0.25, 0.3) is 0 Å². The summed E-state index contributed by atoms with van der Waals surface area (Å²) in [6.45, 7) is 0. The number of hydrogen-bond acceptors (Lipinski definition) is 4. The fraction of sp³-hybridized carbons (Fsp3) is 0.222. The Labute approximate surface area is 129 Å². The van der Waals surface area contributed by atoms with Gasteiger partial charge < -0.3 is 10.1 Å². The lowest BCUT2D eigenvalue weighted by atomic mass is 9.88. The van der Waals surface area contributed by atoms with E-state index in [4.69, 9.17) is 4.74 Å². The number of benzene rings is 2. The van der Waals surface area contributed by atoms with Crippen LogP contribution in [0.2, 0.25) is 0 Å². The molecule has 0 spiro atoms. The van der Waals surface area contributed by atoms with Crippen LogP contribution in [0, 0.1) is 5.92 Å². The molecule has 1 aliphatic rings. The number of ether oxygens (including phenoxy) is 1. The summed E-state index contributed by atoms with van der Waals surface area (Å²) in [4.78, 5) is 24.8. The van der Waals surface area contributed by atoms with E-state index in [2.05, 4.69) is 5.32 Å². The maximum atomic E-state index is 12.6. The van der Waals surface area contributed by atoms with Crippen molar-refractivity contribution in [3.63, 3.8) is 0 Å². The Bertz CT molecular complexity index is 696. The van der Waals surface area contributed by atoms with Crippen molar-refractivity contribution in [2.45, 2.75) is 12.5 Å². The highest BCUT2D eigenvalue weighted by molar-refractivity contribution is 6.02. The van der Waals surface area contributed by atoms with E-state index < -0.39 is 17.9 Å². The zero-order valence-electron chi connectivity index (χ0n) is 12.3. The smallest absolute Gasteiger partial charge is 0.318 e. The number of methoxy groups -OCH3 is 1. The molecule has 0 aromatic heterocycles. The average Bonchev–Trinajstić information content (AvgIpc) is 2.70. The van der Waals surface area contributed by atoms with E-state index in [9.17, 15) is 9.59 Å². The van der Waals surface area contributed by atoms with Gasteiger partial charge in [-0.15, -0.1) is 0 Å². The van der Waals surface area contributed by atoms with Crippen molar-refractivity contribution in [1.82, 2.24) is 0 Å².